The molecular formula is C16H14N2O3. The maximum absolute atomic E-state index is 11.1. The third-order valence-electron chi connectivity index (χ3n) is 2.76. The van der Waals surface area contributed by atoms with E-state index in [0.29, 0.717) is 29.4 Å². The van der Waals surface area contributed by atoms with Gasteiger partial charge in [0.25, 0.3) is 0 Å². The molecule has 0 N–H and O–H groups in total. The van der Waals surface area contributed by atoms with Gasteiger partial charge in [-0.2, -0.15) is 5.26 Å². The SMILES string of the molecule is CCOc1cccc(C=O)c1OCc1ccnc(C#N)c1. The molecule has 0 aliphatic carbocycles. The molecule has 1 aromatic carbocycles. The maximum Gasteiger partial charge on any atom is 0.172 e. The fourth-order valence-electron chi connectivity index (χ4n) is 1.83. The smallest absolute Gasteiger partial charge is 0.172 e. The molecule has 0 unspecified atom stereocenters. The number of carbonyl (C=O) groups excluding carboxylic acids is 1. The van der Waals surface area contributed by atoms with Crippen LogP contribution in [-0.4, -0.2) is 17.9 Å². The summed E-state index contributed by atoms with van der Waals surface area (Å²) in [6, 6.07) is 10.5. The van der Waals surface area contributed by atoms with Gasteiger partial charge in [0.1, 0.15) is 18.4 Å². The van der Waals surface area contributed by atoms with Gasteiger partial charge in [-0.05, 0) is 36.8 Å². The average molecular weight is 282 g/mol. The van der Waals surface area contributed by atoms with Gasteiger partial charge in [0.2, 0.25) is 0 Å². The van der Waals surface area contributed by atoms with Crippen molar-refractivity contribution in [3.05, 3.63) is 53.3 Å². The lowest BCUT2D eigenvalue weighted by molar-refractivity contribution is 0.111. The van der Waals surface area contributed by atoms with Crippen molar-refractivity contribution in [1.29, 1.82) is 5.26 Å². The summed E-state index contributed by atoms with van der Waals surface area (Å²) in [5, 5.41) is 8.82. The highest BCUT2D eigenvalue weighted by molar-refractivity contribution is 5.81. The van der Waals surface area contributed by atoms with Crippen molar-refractivity contribution < 1.29 is 14.3 Å². The fraction of sp³-hybridized carbons (Fsp3) is 0.188. The van der Waals surface area contributed by atoms with Gasteiger partial charge in [0, 0.05) is 6.20 Å². The first-order valence-electron chi connectivity index (χ1n) is 6.47. The number of nitrogens with zero attached hydrogens (tertiary/aromatic N) is 2. The zero-order valence-electron chi connectivity index (χ0n) is 11.6. The van der Waals surface area contributed by atoms with E-state index in [1.165, 1.54) is 0 Å². The van der Waals surface area contributed by atoms with Crippen molar-refractivity contribution in [2.45, 2.75) is 13.5 Å². The molecule has 0 atom stereocenters. The number of benzene rings is 1. The first-order valence-corrected chi connectivity index (χ1v) is 6.47. The quantitative estimate of drug-likeness (QED) is 0.762. The van der Waals surface area contributed by atoms with E-state index in [0.717, 1.165) is 11.8 Å². The number of pyridine rings is 1. The summed E-state index contributed by atoms with van der Waals surface area (Å²) in [6.07, 6.45) is 2.28. The van der Waals surface area contributed by atoms with Crippen LogP contribution in [0.1, 0.15) is 28.5 Å². The average Bonchev–Trinajstić information content (AvgIpc) is 2.54. The van der Waals surface area contributed by atoms with Crippen LogP contribution >= 0.6 is 0 Å². The molecule has 0 fully saturated rings. The molecular weight excluding hydrogens is 268 g/mol. The third-order valence-corrected chi connectivity index (χ3v) is 2.76. The van der Waals surface area contributed by atoms with Gasteiger partial charge < -0.3 is 9.47 Å². The van der Waals surface area contributed by atoms with Gasteiger partial charge in [-0.15, -0.1) is 0 Å². The van der Waals surface area contributed by atoms with Crippen LogP contribution in [0, 0.1) is 11.3 Å². The van der Waals surface area contributed by atoms with E-state index in [-0.39, 0.29) is 6.61 Å². The fourth-order valence-corrected chi connectivity index (χ4v) is 1.83. The van der Waals surface area contributed by atoms with Crippen molar-refractivity contribution in [1.82, 2.24) is 4.98 Å². The Morgan fingerprint density at radius 1 is 1.33 bits per heavy atom. The van der Waals surface area contributed by atoms with Gasteiger partial charge >= 0.3 is 0 Å². The lowest BCUT2D eigenvalue weighted by Gasteiger charge is -2.13. The van der Waals surface area contributed by atoms with Crippen LogP contribution in [0.4, 0.5) is 0 Å². The van der Waals surface area contributed by atoms with Crippen LogP contribution in [0.5, 0.6) is 11.5 Å². The summed E-state index contributed by atoms with van der Waals surface area (Å²) in [5.74, 6) is 0.932. The third kappa shape index (κ3) is 3.57. The van der Waals surface area contributed by atoms with E-state index in [4.69, 9.17) is 14.7 Å². The van der Waals surface area contributed by atoms with E-state index in [2.05, 4.69) is 4.98 Å². The van der Waals surface area contributed by atoms with Crippen LogP contribution in [0.3, 0.4) is 0 Å². The van der Waals surface area contributed by atoms with E-state index >= 15 is 0 Å². The number of nitriles is 1. The molecule has 0 saturated carbocycles. The van der Waals surface area contributed by atoms with Crippen molar-refractivity contribution >= 4 is 6.29 Å². The molecule has 2 rings (SSSR count). The Kier molecular flexibility index (Phi) is 4.89. The second-order valence-corrected chi connectivity index (χ2v) is 4.18. The van der Waals surface area contributed by atoms with Crippen molar-refractivity contribution in [3.8, 4) is 17.6 Å². The summed E-state index contributed by atoms with van der Waals surface area (Å²) in [6.45, 7) is 2.56. The highest BCUT2D eigenvalue weighted by Crippen LogP contribution is 2.31. The van der Waals surface area contributed by atoms with E-state index in [9.17, 15) is 4.79 Å². The van der Waals surface area contributed by atoms with E-state index < -0.39 is 0 Å². The van der Waals surface area contributed by atoms with Crippen LogP contribution in [0.25, 0.3) is 0 Å². The zero-order valence-corrected chi connectivity index (χ0v) is 11.6. The number of rotatable bonds is 6. The van der Waals surface area contributed by atoms with E-state index in [1.54, 1.807) is 36.5 Å². The Bertz CT molecular complexity index is 677. The first-order chi connectivity index (χ1) is 10.3. The molecule has 1 heterocycles. The number of aromatic nitrogens is 1. The highest BCUT2D eigenvalue weighted by Gasteiger charge is 2.11. The summed E-state index contributed by atoms with van der Waals surface area (Å²) in [5.41, 5.74) is 1.55. The van der Waals surface area contributed by atoms with Crippen LogP contribution in [0.15, 0.2) is 36.5 Å². The summed E-state index contributed by atoms with van der Waals surface area (Å²) >= 11 is 0. The highest BCUT2D eigenvalue weighted by atomic mass is 16.5. The second-order valence-electron chi connectivity index (χ2n) is 4.18. The number of hydrogen-bond acceptors (Lipinski definition) is 5. The second kappa shape index (κ2) is 7.06. The molecule has 0 aliphatic rings. The first kappa shape index (κ1) is 14.5. The molecule has 0 spiro atoms. The number of hydrogen-bond donors (Lipinski definition) is 0. The Morgan fingerprint density at radius 3 is 2.90 bits per heavy atom. The monoisotopic (exact) mass is 282 g/mol. The molecule has 0 saturated heterocycles. The summed E-state index contributed by atoms with van der Waals surface area (Å²) in [7, 11) is 0. The molecule has 0 aliphatic heterocycles. The molecule has 21 heavy (non-hydrogen) atoms. The van der Waals surface area contributed by atoms with Crippen molar-refractivity contribution in [2.75, 3.05) is 6.61 Å². The molecule has 5 nitrogen and oxygen atoms in total. The lowest BCUT2D eigenvalue weighted by atomic mass is 10.2. The Labute approximate surface area is 122 Å². The molecule has 0 bridgehead atoms. The number of para-hydroxylation sites is 1. The topological polar surface area (TPSA) is 72.2 Å². The largest absolute Gasteiger partial charge is 0.490 e. The Hall–Kier alpha value is -2.87. The van der Waals surface area contributed by atoms with Crippen molar-refractivity contribution in [2.24, 2.45) is 0 Å². The summed E-state index contributed by atoms with van der Waals surface area (Å²) < 4.78 is 11.2. The minimum Gasteiger partial charge on any atom is -0.490 e. The van der Waals surface area contributed by atoms with Crippen LogP contribution in [0.2, 0.25) is 0 Å². The molecule has 106 valence electrons. The normalized spacial score (nSPS) is 9.71. The van der Waals surface area contributed by atoms with Gasteiger partial charge in [0.15, 0.2) is 17.8 Å². The minimum atomic E-state index is 0.224. The number of ether oxygens (including phenoxy) is 2. The van der Waals surface area contributed by atoms with Gasteiger partial charge in [-0.25, -0.2) is 4.98 Å². The molecule has 2 aromatic rings. The zero-order chi connectivity index (χ0) is 15.1. The van der Waals surface area contributed by atoms with Crippen molar-refractivity contribution in [3.63, 3.8) is 0 Å². The van der Waals surface area contributed by atoms with Gasteiger partial charge in [-0.3, -0.25) is 4.79 Å². The molecule has 1 aromatic heterocycles. The Balaban J connectivity index is 2.22. The van der Waals surface area contributed by atoms with Gasteiger partial charge in [0.05, 0.1) is 12.2 Å². The predicted octanol–water partition coefficient (Wildman–Crippen LogP) is 2.74. The summed E-state index contributed by atoms with van der Waals surface area (Å²) in [4.78, 5) is 15.0. The number of aldehydes is 1. The molecule has 0 amide bonds. The number of carbonyl (C=O) groups is 1. The van der Waals surface area contributed by atoms with Crippen LogP contribution < -0.4 is 9.47 Å². The Morgan fingerprint density at radius 2 is 2.19 bits per heavy atom. The standard InChI is InChI=1S/C16H14N2O3/c1-2-20-15-5-3-4-13(10-19)16(15)21-11-12-6-7-18-14(8-12)9-17/h3-8,10H,2,11H2,1H3. The molecule has 5 heteroatoms. The van der Waals surface area contributed by atoms with E-state index in [1.807, 2.05) is 13.0 Å². The lowest BCUT2D eigenvalue weighted by Crippen LogP contribution is -2.02. The minimum absolute atomic E-state index is 0.224. The predicted molar refractivity (Wildman–Crippen MR) is 76.3 cm³/mol. The van der Waals surface area contributed by atoms with Crippen LogP contribution in [-0.2, 0) is 6.61 Å². The molecule has 0 radical (unpaired) electrons. The van der Waals surface area contributed by atoms with Gasteiger partial charge in [-0.1, -0.05) is 6.07 Å². The maximum atomic E-state index is 11.1.